The first-order valence-corrected chi connectivity index (χ1v) is 12.8. The quantitative estimate of drug-likeness (QED) is 0.374. The molecule has 0 unspecified atom stereocenters. The van der Waals surface area contributed by atoms with Crippen LogP contribution in [-0.4, -0.2) is 46.6 Å². The van der Waals surface area contributed by atoms with Crippen molar-refractivity contribution in [2.75, 3.05) is 7.11 Å². The third-order valence-corrected chi connectivity index (χ3v) is 7.99. The molecule has 5 rings (SSSR count). The molecule has 188 valence electrons. The van der Waals surface area contributed by atoms with Gasteiger partial charge in [-0.15, -0.1) is 0 Å². The van der Waals surface area contributed by atoms with Gasteiger partial charge in [0.05, 0.1) is 0 Å². The number of nitrogens with one attached hydrogen (secondary N) is 1. The summed E-state index contributed by atoms with van der Waals surface area (Å²) >= 11 is 1.37. The van der Waals surface area contributed by atoms with E-state index in [4.69, 9.17) is 9.47 Å². The van der Waals surface area contributed by atoms with Crippen LogP contribution in [-0.2, 0) is 19.1 Å². The molecule has 3 aromatic rings. The number of methoxy groups -OCH3 is 1. The SMILES string of the molecule is CO[C@H]1S[C@@H]2[C@@H](NC(=O)c3ccccc3)C(=O)N2C(C(=O)OC(c2ccccc2)c2ccccc2)=C1C. The van der Waals surface area contributed by atoms with E-state index in [2.05, 4.69) is 5.32 Å². The van der Waals surface area contributed by atoms with Crippen LogP contribution in [0.3, 0.4) is 0 Å². The van der Waals surface area contributed by atoms with E-state index in [9.17, 15) is 14.4 Å². The zero-order valence-electron chi connectivity index (χ0n) is 20.4. The smallest absolute Gasteiger partial charge is 0.356 e. The van der Waals surface area contributed by atoms with E-state index in [0.717, 1.165) is 11.1 Å². The van der Waals surface area contributed by atoms with E-state index in [1.165, 1.54) is 16.7 Å². The van der Waals surface area contributed by atoms with E-state index in [-0.39, 0.29) is 17.5 Å². The van der Waals surface area contributed by atoms with Gasteiger partial charge in [-0.3, -0.25) is 14.5 Å². The molecule has 1 saturated heterocycles. The standard InChI is InChI=1S/C29H26N2O5S/c1-18-23(28(34)36-24(19-12-6-3-7-13-19)20-14-8-4-9-15-20)31-26(33)22(27(31)37-29(18)35-2)30-25(32)21-16-10-5-11-17-21/h3-17,22,24,27,29H,1-2H3,(H,30,32)/t22-,27+,29-/m0/s1. The molecule has 0 aliphatic carbocycles. The van der Waals surface area contributed by atoms with Gasteiger partial charge in [0.1, 0.15) is 22.5 Å². The maximum absolute atomic E-state index is 13.7. The predicted octanol–water partition coefficient (Wildman–Crippen LogP) is 4.28. The summed E-state index contributed by atoms with van der Waals surface area (Å²) in [5, 5.41) is 2.31. The van der Waals surface area contributed by atoms with Gasteiger partial charge in [0, 0.05) is 12.7 Å². The first-order valence-electron chi connectivity index (χ1n) is 11.9. The van der Waals surface area contributed by atoms with Crippen LogP contribution in [0.25, 0.3) is 0 Å². The summed E-state index contributed by atoms with van der Waals surface area (Å²) in [5.74, 6) is -1.33. The zero-order valence-corrected chi connectivity index (χ0v) is 21.2. The molecule has 3 atom stereocenters. The third kappa shape index (κ3) is 4.77. The Hall–Kier alpha value is -3.88. The molecule has 1 fully saturated rings. The molecule has 2 heterocycles. The Balaban J connectivity index is 1.42. The second kappa shape index (κ2) is 10.6. The molecule has 0 aromatic heterocycles. The molecule has 7 nitrogen and oxygen atoms in total. The van der Waals surface area contributed by atoms with Gasteiger partial charge in [-0.05, 0) is 35.8 Å². The van der Waals surface area contributed by atoms with Gasteiger partial charge in [-0.1, -0.05) is 90.6 Å². The van der Waals surface area contributed by atoms with Gasteiger partial charge in [0.15, 0.2) is 6.10 Å². The summed E-state index contributed by atoms with van der Waals surface area (Å²) in [4.78, 5) is 41.1. The van der Waals surface area contributed by atoms with Crippen molar-refractivity contribution in [3.05, 3.63) is 119 Å². The predicted molar refractivity (Wildman–Crippen MR) is 140 cm³/mol. The van der Waals surface area contributed by atoms with Gasteiger partial charge in [0.2, 0.25) is 0 Å². The van der Waals surface area contributed by atoms with Gasteiger partial charge in [-0.2, -0.15) is 0 Å². The number of esters is 1. The Kier molecular flexibility index (Phi) is 7.12. The molecule has 1 N–H and O–H groups in total. The van der Waals surface area contributed by atoms with E-state index in [0.29, 0.717) is 11.1 Å². The summed E-state index contributed by atoms with van der Waals surface area (Å²) in [7, 11) is 1.55. The number of thioether (sulfide) groups is 1. The van der Waals surface area contributed by atoms with Crippen molar-refractivity contribution in [3.63, 3.8) is 0 Å². The first kappa shape index (κ1) is 24.8. The number of rotatable bonds is 7. The Morgan fingerprint density at radius 2 is 1.43 bits per heavy atom. The van der Waals surface area contributed by atoms with Crippen molar-refractivity contribution < 1.29 is 23.9 Å². The fraction of sp³-hybridized carbons (Fsp3) is 0.207. The number of hydrogen-bond donors (Lipinski definition) is 1. The molecule has 37 heavy (non-hydrogen) atoms. The molecular formula is C29H26N2O5S. The van der Waals surface area contributed by atoms with Gasteiger partial charge >= 0.3 is 5.97 Å². The summed E-state index contributed by atoms with van der Waals surface area (Å²) in [6, 6.07) is 26.8. The van der Waals surface area contributed by atoms with Crippen molar-refractivity contribution in [1.29, 1.82) is 0 Å². The Labute approximate surface area is 219 Å². The highest BCUT2D eigenvalue weighted by atomic mass is 32.2. The van der Waals surface area contributed by atoms with Gasteiger partial charge in [-0.25, -0.2) is 4.79 Å². The topological polar surface area (TPSA) is 84.9 Å². The normalized spacial score (nSPS) is 20.8. The molecule has 0 radical (unpaired) electrons. The van der Waals surface area contributed by atoms with Crippen LogP contribution in [0.4, 0.5) is 0 Å². The highest BCUT2D eigenvalue weighted by molar-refractivity contribution is 8.00. The molecule has 2 aliphatic heterocycles. The van der Waals surface area contributed by atoms with Crippen molar-refractivity contribution in [3.8, 4) is 0 Å². The minimum atomic E-state index is -0.787. The fourth-order valence-electron chi connectivity index (χ4n) is 4.56. The highest BCUT2D eigenvalue weighted by Crippen LogP contribution is 2.45. The lowest BCUT2D eigenvalue weighted by Gasteiger charge is -2.51. The largest absolute Gasteiger partial charge is 0.448 e. The average molecular weight is 515 g/mol. The Morgan fingerprint density at radius 1 is 0.892 bits per heavy atom. The number of ether oxygens (including phenoxy) is 2. The molecular weight excluding hydrogens is 488 g/mol. The molecule has 2 amide bonds. The van der Waals surface area contributed by atoms with Crippen LogP contribution < -0.4 is 5.32 Å². The summed E-state index contributed by atoms with van der Waals surface area (Å²) < 4.78 is 11.7. The number of amides is 2. The lowest BCUT2D eigenvalue weighted by molar-refractivity contribution is -0.154. The first-order chi connectivity index (χ1) is 18.0. The molecule has 2 aliphatic rings. The van der Waals surface area contributed by atoms with E-state index in [1.54, 1.807) is 38.3 Å². The number of β-lactam (4-membered cyclic amide) rings is 1. The van der Waals surface area contributed by atoms with Crippen molar-refractivity contribution in [2.45, 2.75) is 29.9 Å². The van der Waals surface area contributed by atoms with E-state index < -0.39 is 28.9 Å². The molecule has 0 spiro atoms. The van der Waals surface area contributed by atoms with Crippen LogP contribution in [0.15, 0.2) is 102 Å². The fourth-order valence-corrected chi connectivity index (χ4v) is 5.91. The van der Waals surface area contributed by atoms with Crippen molar-refractivity contribution in [2.24, 2.45) is 0 Å². The van der Waals surface area contributed by atoms with Gasteiger partial charge < -0.3 is 14.8 Å². The molecule has 3 aromatic carbocycles. The van der Waals surface area contributed by atoms with Crippen LogP contribution in [0.5, 0.6) is 0 Å². The number of hydrogen-bond acceptors (Lipinski definition) is 6. The van der Waals surface area contributed by atoms with Crippen LogP contribution >= 0.6 is 11.8 Å². The van der Waals surface area contributed by atoms with Crippen molar-refractivity contribution in [1.82, 2.24) is 10.2 Å². The van der Waals surface area contributed by atoms with Crippen LogP contribution in [0.2, 0.25) is 0 Å². The Morgan fingerprint density at radius 3 is 1.97 bits per heavy atom. The second-order valence-electron chi connectivity index (χ2n) is 8.76. The third-order valence-electron chi connectivity index (χ3n) is 6.43. The monoisotopic (exact) mass is 514 g/mol. The lowest BCUT2D eigenvalue weighted by atomic mass is 10.0. The van der Waals surface area contributed by atoms with Gasteiger partial charge in [0.25, 0.3) is 11.8 Å². The average Bonchev–Trinajstić information content (AvgIpc) is 2.95. The second-order valence-corrected chi connectivity index (χ2v) is 9.94. The van der Waals surface area contributed by atoms with E-state index in [1.807, 2.05) is 66.7 Å². The maximum Gasteiger partial charge on any atom is 0.356 e. The van der Waals surface area contributed by atoms with Crippen LogP contribution in [0.1, 0.15) is 34.5 Å². The number of carbonyl (C=O) groups excluding carboxylic acids is 3. The summed E-state index contributed by atoms with van der Waals surface area (Å²) in [6.07, 6.45) is -0.658. The summed E-state index contributed by atoms with van der Waals surface area (Å²) in [5.41, 5.74) is 2.36. The minimum Gasteiger partial charge on any atom is -0.448 e. The highest BCUT2D eigenvalue weighted by Gasteiger charge is 2.56. The van der Waals surface area contributed by atoms with E-state index >= 15 is 0 Å². The maximum atomic E-state index is 13.7. The molecule has 8 heteroatoms. The minimum absolute atomic E-state index is 0.155. The van der Waals surface area contributed by atoms with Crippen LogP contribution in [0, 0.1) is 0 Å². The lowest BCUT2D eigenvalue weighted by Crippen LogP contribution is -2.71. The number of fused-ring (bicyclic) bond motifs is 1. The molecule has 0 bridgehead atoms. The number of benzene rings is 3. The number of carbonyl (C=O) groups is 3. The Bertz CT molecular complexity index is 1290. The number of nitrogens with zero attached hydrogens (tertiary/aromatic N) is 1. The zero-order chi connectivity index (χ0) is 25.9. The molecule has 0 saturated carbocycles. The van der Waals surface area contributed by atoms with Crippen molar-refractivity contribution >= 4 is 29.5 Å². The summed E-state index contributed by atoms with van der Waals surface area (Å²) in [6.45, 7) is 1.76.